The molecule has 1 aromatic carbocycles. The molecule has 2 atom stereocenters. The molecule has 1 aromatic rings. The molecule has 1 heterocycles. The van der Waals surface area contributed by atoms with Gasteiger partial charge in [0, 0.05) is 17.5 Å². The maximum Gasteiger partial charge on any atom is 0.0509 e. The predicted octanol–water partition coefficient (Wildman–Crippen LogP) is 2.79. The molecule has 1 aliphatic rings. The van der Waals surface area contributed by atoms with Crippen LogP contribution in [-0.4, -0.2) is 32.1 Å². The van der Waals surface area contributed by atoms with E-state index in [0.717, 1.165) is 19.6 Å². The van der Waals surface area contributed by atoms with Gasteiger partial charge in [0.1, 0.15) is 0 Å². The van der Waals surface area contributed by atoms with E-state index in [9.17, 15) is 0 Å². The van der Waals surface area contributed by atoms with Gasteiger partial charge in [-0.25, -0.2) is 0 Å². The number of hydrogen-bond acceptors (Lipinski definition) is 3. The minimum absolute atomic E-state index is 0.639. The topological polar surface area (TPSA) is 21.3 Å². The van der Waals surface area contributed by atoms with Crippen LogP contribution in [0.1, 0.15) is 12.8 Å². The molecule has 2 nitrogen and oxygen atoms in total. The van der Waals surface area contributed by atoms with E-state index in [1.807, 2.05) is 11.8 Å². The highest BCUT2D eigenvalue weighted by atomic mass is 32.2. The van der Waals surface area contributed by atoms with Gasteiger partial charge in [-0.05, 0) is 43.7 Å². The van der Waals surface area contributed by atoms with E-state index in [1.54, 1.807) is 0 Å². The molecule has 1 N–H and O–H groups in total. The normalized spacial score (nSPS) is 24.8. The fourth-order valence-corrected chi connectivity index (χ4v) is 3.31. The average molecular weight is 251 g/mol. The van der Waals surface area contributed by atoms with Gasteiger partial charge in [0.25, 0.3) is 0 Å². The predicted molar refractivity (Wildman–Crippen MR) is 73.6 cm³/mol. The number of rotatable bonds is 5. The maximum atomic E-state index is 5.57. The molecule has 0 bridgehead atoms. The van der Waals surface area contributed by atoms with Crippen LogP contribution in [0.2, 0.25) is 0 Å². The van der Waals surface area contributed by atoms with E-state index in [1.165, 1.54) is 17.1 Å². The summed E-state index contributed by atoms with van der Waals surface area (Å²) in [6.07, 6.45) is 2.38. The molecule has 0 radical (unpaired) electrons. The Kier molecular flexibility index (Phi) is 5.36. The monoisotopic (exact) mass is 251 g/mol. The highest BCUT2D eigenvalue weighted by molar-refractivity contribution is 7.99. The summed E-state index contributed by atoms with van der Waals surface area (Å²) < 4.78 is 5.57. The van der Waals surface area contributed by atoms with Crippen molar-refractivity contribution in [2.24, 2.45) is 5.92 Å². The summed E-state index contributed by atoms with van der Waals surface area (Å²) >= 11 is 1.94. The van der Waals surface area contributed by atoms with Gasteiger partial charge >= 0.3 is 0 Å². The van der Waals surface area contributed by atoms with Crippen LogP contribution < -0.4 is 5.32 Å². The summed E-state index contributed by atoms with van der Waals surface area (Å²) in [6, 6.07) is 11.3. The molecule has 17 heavy (non-hydrogen) atoms. The molecular formula is C14H21NOS. The van der Waals surface area contributed by atoms with Crippen LogP contribution in [-0.2, 0) is 4.74 Å². The lowest BCUT2D eigenvalue weighted by molar-refractivity contribution is 0.0331. The summed E-state index contributed by atoms with van der Waals surface area (Å²) in [5, 5.41) is 3.41. The SMILES string of the molecule is CNC1CCOCC1CCSc1ccccc1. The highest BCUT2D eigenvalue weighted by Crippen LogP contribution is 2.24. The van der Waals surface area contributed by atoms with Crippen LogP contribution in [0.3, 0.4) is 0 Å². The van der Waals surface area contributed by atoms with E-state index in [-0.39, 0.29) is 0 Å². The Morgan fingerprint density at radius 3 is 2.94 bits per heavy atom. The van der Waals surface area contributed by atoms with Gasteiger partial charge < -0.3 is 10.1 Å². The number of hydrogen-bond donors (Lipinski definition) is 1. The van der Waals surface area contributed by atoms with E-state index in [4.69, 9.17) is 4.74 Å². The van der Waals surface area contributed by atoms with Crippen molar-refractivity contribution in [2.75, 3.05) is 26.0 Å². The highest BCUT2D eigenvalue weighted by Gasteiger charge is 2.23. The molecule has 0 aromatic heterocycles. The standard InChI is InChI=1S/C14H21NOS/c1-15-14-7-9-16-11-12(14)8-10-17-13-5-3-2-4-6-13/h2-6,12,14-15H,7-11H2,1H3. The van der Waals surface area contributed by atoms with Crippen LogP contribution in [0.25, 0.3) is 0 Å². The summed E-state index contributed by atoms with van der Waals surface area (Å²) in [4.78, 5) is 1.37. The molecule has 0 saturated carbocycles. The molecular weight excluding hydrogens is 230 g/mol. The van der Waals surface area contributed by atoms with Gasteiger partial charge in [0.2, 0.25) is 0 Å². The number of benzene rings is 1. The molecule has 2 rings (SSSR count). The van der Waals surface area contributed by atoms with Crippen molar-refractivity contribution in [3.63, 3.8) is 0 Å². The zero-order valence-electron chi connectivity index (χ0n) is 10.4. The lowest BCUT2D eigenvalue weighted by Crippen LogP contribution is -2.41. The Bertz CT molecular complexity index is 317. The minimum atomic E-state index is 0.639. The third kappa shape index (κ3) is 4.02. The van der Waals surface area contributed by atoms with Gasteiger partial charge in [0.05, 0.1) is 6.61 Å². The van der Waals surface area contributed by atoms with Crippen molar-refractivity contribution in [1.82, 2.24) is 5.32 Å². The average Bonchev–Trinajstić information content (AvgIpc) is 2.40. The second-order valence-electron chi connectivity index (χ2n) is 4.47. The molecule has 0 aliphatic carbocycles. The maximum absolute atomic E-state index is 5.57. The Balaban J connectivity index is 1.74. The number of thioether (sulfide) groups is 1. The van der Waals surface area contributed by atoms with E-state index in [2.05, 4.69) is 42.7 Å². The van der Waals surface area contributed by atoms with Gasteiger partial charge in [-0.2, -0.15) is 0 Å². The van der Waals surface area contributed by atoms with Gasteiger partial charge in [-0.15, -0.1) is 11.8 Å². The Labute approximate surface area is 108 Å². The van der Waals surface area contributed by atoms with Gasteiger partial charge in [-0.1, -0.05) is 18.2 Å². The fraction of sp³-hybridized carbons (Fsp3) is 0.571. The quantitative estimate of drug-likeness (QED) is 0.813. The van der Waals surface area contributed by atoms with Gasteiger partial charge in [0.15, 0.2) is 0 Å². The molecule has 0 amide bonds. The van der Waals surface area contributed by atoms with E-state index in [0.29, 0.717) is 12.0 Å². The molecule has 1 fully saturated rings. The lowest BCUT2D eigenvalue weighted by Gasteiger charge is -2.31. The van der Waals surface area contributed by atoms with Crippen molar-refractivity contribution in [2.45, 2.75) is 23.8 Å². The second kappa shape index (κ2) is 7.04. The van der Waals surface area contributed by atoms with Crippen LogP contribution in [0, 0.1) is 5.92 Å². The fourth-order valence-electron chi connectivity index (χ4n) is 2.31. The van der Waals surface area contributed by atoms with Crippen LogP contribution >= 0.6 is 11.8 Å². The van der Waals surface area contributed by atoms with Crippen LogP contribution in [0.15, 0.2) is 35.2 Å². The third-order valence-corrected chi connectivity index (χ3v) is 4.39. The zero-order valence-corrected chi connectivity index (χ0v) is 11.2. The first-order chi connectivity index (χ1) is 8.40. The van der Waals surface area contributed by atoms with E-state index < -0.39 is 0 Å². The smallest absolute Gasteiger partial charge is 0.0509 e. The first-order valence-electron chi connectivity index (χ1n) is 6.33. The van der Waals surface area contributed by atoms with Gasteiger partial charge in [-0.3, -0.25) is 0 Å². The zero-order chi connectivity index (χ0) is 11.9. The summed E-state index contributed by atoms with van der Waals surface area (Å²) in [5.41, 5.74) is 0. The third-order valence-electron chi connectivity index (χ3n) is 3.35. The van der Waals surface area contributed by atoms with Crippen molar-refractivity contribution < 1.29 is 4.74 Å². The Morgan fingerprint density at radius 1 is 1.35 bits per heavy atom. The van der Waals surface area contributed by atoms with Crippen molar-refractivity contribution in [1.29, 1.82) is 0 Å². The summed E-state index contributed by atoms with van der Waals surface area (Å²) in [7, 11) is 2.06. The largest absolute Gasteiger partial charge is 0.381 e. The molecule has 94 valence electrons. The van der Waals surface area contributed by atoms with Crippen molar-refractivity contribution in [3.05, 3.63) is 30.3 Å². The van der Waals surface area contributed by atoms with Crippen LogP contribution in [0.5, 0.6) is 0 Å². The second-order valence-corrected chi connectivity index (χ2v) is 5.64. The number of ether oxygens (including phenoxy) is 1. The van der Waals surface area contributed by atoms with Crippen molar-refractivity contribution >= 4 is 11.8 Å². The molecule has 1 aliphatic heterocycles. The Morgan fingerprint density at radius 2 is 2.18 bits per heavy atom. The Hall–Kier alpha value is -0.510. The van der Waals surface area contributed by atoms with Crippen molar-refractivity contribution in [3.8, 4) is 0 Å². The lowest BCUT2D eigenvalue weighted by atomic mass is 9.93. The summed E-state index contributed by atoms with van der Waals surface area (Å²) in [6.45, 7) is 1.83. The molecule has 1 saturated heterocycles. The minimum Gasteiger partial charge on any atom is -0.381 e. The molecule has 3 heteroatoms. The first-order valence-corrected chi connectivity index (χ1v) is 7.31. The first kappa shape index (κ1) is 12.9. The molecule has 2 unspecified atom stereocenters. The number of nitrogens with one attached hydrogen (secondary N) is 1. The molecule has 0 spiro atoms. The van der Waals surface area contributed by atoms with Crippen LogP contribution in [0.4, 0.5) is 0 Å². The van der Waals surface area contributed by atoms with E-state index >= 15 is 0 Å². The summed E-state index contributed by atoms with van der Waals surface area (Å²) in [5.74, 6) is 1.85.